The average Bonchev–Trinajstić information content (AvgIpc) is 2.71. The molecule has 0 fully saturated rings. The van der Waals surface area contributed by atoms with E-state index in [-0.39, 0.29) is 5.91 Å². The first kappa shape index (κ1) is 20.3. The van der Waals surface area contributed by atoms with Crippen LogP contribution in [-0.4, -0.2) is 29.0 Å². The molecule has 3 aromatic rings. The van der Waals surface area contributed by atoms with Crippen LogP contribution >= 0.6 is 0 Å². The van der Waals surface area contributed by atoms with Gasteiger partial charge in [0, 0.05) is 35.8 Å². The highest BCUT2D eigenvalue weighted by Gasteiger charge is 2.12. The summed E-state index contributed by atoms with van der Waals surface area (Å²) in [6.07, 6.45) is 0. The maximum atomic E-state index is 12.7. The molecule has 3 rings (SSSR count). The van der Waals surface area contributed by atoms with E-state index in [2.05, 4.69) is 39.3 Å². The molecule has 150 valence electrons. The first-order valence-electron chi connectivity index (χ1n) is 9.84. The fourth-order valence-corrected chi connectivity index (χ4v) is 3.05. The summed E-state index contributed by atoms with van der Waals surface area (Å²) in [6, 6.07) is 17.4. The molecule has 0 spiro atoms. The van der Waals surface area contributed by atoms with Crippen LogP contribution in [0.4, 0.5) is 23.0 Å². The van der Waals surface area contributed by atoms with E-state index in [0.717, 1.165) is 35.8 Å². The third-order valence-electron chi connectivity index (χ3n) is 4.65. The Balaban J connectivity index is 1.73. The smallest absolute Gasteiger partial charge is 0.274 e. The van der Waals surface area contributed by atoms with Crippen molar-refractivity contribution in [1.29, 1.82) is 0 Å². The van der Waals surface area contributed by atoms with E-state index < -0.39 is 0 Å². The van der Waals surface area contributed by atoms with Crippen LogP contribution in [0.2, 0.25) is 0 Å². The zero-order valence-corrected chi connectivity index (χ0v) is 17.4. The van der Waals surface area contributed by atoms with Crippen LogP contribution in [0.5, 0.6) is 0 Å². The number of rotatable bonds is 7. The van der Waals surface area contributed by atoms with Gasteiger partial charge in [-0.1, -0.05) is 17.7 Å². The van der Waals surface area contributed by atoms with Crippen molar-refractivity contribution in [2.75, 3.05) is 28.6 Å². The molecule has 0 aliphatic rings. The minimum absolute atomic E-state index is 0.266. The molecule has 0 aliphatic carbocycles. The van der Waals surface area contributed by atoms with Gasteiger partial charge in [-0.15, -0.1) is 0 Å². The van der Waals surface area contributed by atoms with Gasteiger partial charge in [-0.05, 0) is 70.2 Å². The number of carbonyl (C=O) groups excluding carboxylic acids is 1. The Bertz CT molecular complexity index is 964. The molecule has 0 saturated heterocycles. The molecule has 0 saturated carbocycles. The average molecular weight is 390 g/mol. The topological polar surface area (TPSA) is 70.2 Å². The summed E-state index contributed by atoms with van der Waals surface area (Å²) in [6.45, 7) is 10.0. The highest BCUT2D eigenvalue weighted by atomic mass is 16.1. The highest BCUT2D eigenvalue weighted by Crippen LogP contribution is 2.19. The van der Waals surface area contributed by atoms with E-state index in [1.54, 1.807) is 6.07 Å². The number of amides is 1. The lowest BCUT2D eigenvalue weighted by Crippen LogP contribution is -2.21. The Labute approximate surface area is 172 Å². The minimum Gasteiger partial charge on any atom is -0.372 e. The van der Waals surface area contributed by atoms with Gasteiger partial charge < -0.3 is 15.5 Å². The number of nitrogens with one attached hydrogen (secondary N) is 2. The SMILES string of the molecule is CCN(CC)c1ccc(NC(=O)c2cc(C)nc(Nc3ccc(C)cc3)n2)cc1. The quantitative estimate of drug-likeness (QED) is 0.599. The molecule has 1 heterocycles. The van der Waals surface area contributed by atoms with Crippen LogP contribution in [0, 0.1) is 13.8 Å². The van der Waals surface area contributed by atoms with Gasteiger partial charge in [0.05, 0.1) is 0 Å². The molecule has 0 bridgehead atoms. The third-order valence-corrected chi connectivity index (χ3v) is 4.65. The number of anilines is 4. The maximum Gasteiger partial charge on any atom is 0.274 e. The van der Waals surface area contributed by atoms with E-state index in [4.69, 9.17) is 0 Å². The van der Waals surface area contributed by atoms with Gasteiger partial charge in [0.2, 0.25) is 5.95 Å². The Morgan fingerprint density at radius 1 is 0.897 bits per heavy atom. The molecular formula is C23H27N5O. The standard InChI is InChI=1S/C23H27N5O/c1-5-28(6-2)20-13-11-18(12-14-20)25-22(29)21-15-17(4)24-23(27-21)26-19-9-7-16(3)8-10-19/h7-15H,5-6H2,1-4H3,(H,25,29)(H,24,26,27). The van der Waals surface area contributed by atoms with Gasteiger partial charge in [-0.25, -0.2) is 9.97 Å². The first-order chi connectivity index (χ1) is 14.0. The molecule has 0 atom stereocenters. The zero-order chi connectivity index (χ0) is 20.8. The summed E-state index contributed by atoms with van der Waals surface area (Å²) in [5.41, 5.74) is 4.95. The Morgan fingerprint density at radius 2 is 1.52 bits per heavy atom. The molecule has 1 aromatic heterocycles. The number of aryl methyl sites for hydroxylation is 2. The van der Waals surface area contributed by atoms with E-state index in [1.807, 2.05) is 62.4 Å². The second kappa shape index (κ2) is 9.19. The van der Waals surface area contributed by atoms with Crippen molar-refractivity contribution in [3.8, 4) is 0 Å². The Hall–Kier alpha value is -3.41. The normalized spacial score (nSPS) is 10.5. The summed E-state index contributed by atoms with van der Waals surface area (Å²) in [5.74, 6) is 0.133. The van der Waals surface area contributed by atoms with Crippen molar-refractivity contribution in [1.82, 2.24) is 9.97 Å². The molecular weight excluding hydrogens is 362 g/mol. The minimum atomic E-state index is -0.266. The van der Waals surface area contributed by atoms with Crippen LogP contribution in [0.15, 0.2) is 54.6 Å². The van der Waals surface area contributed by atoms with Crippen molar-refractivity contribution in [2.24, 2.45) is 0 Å². The van der Waals surface area contributed by atoms with E-state index in [0.29, 0.717) is 11.6 Å². The predicted octanol–water partition coefficient (Wildman–Crippen LogP) is 4.94. The van der Waals surface area contributed by atoms with Gasteiger partial charge in [-0.3, -0.25) is 4.79 Å². The van der Waals surface area contributed by atoms with Crippen molar-refractivity contribution in [3.63, 3.8) is 0 Å². The molecule has 6 nitrogen and oxygen atoms in total. The fraction of sp³-hybridized carbons (Fsp3) is 0.261. The van der Waals surface area contributed by atoms with Crippen LogP contribution in [-0.2, 0) is 0 Å². The van der Waals surface area contributed by atoms with Gasteiger partial charge in [0.1, 0.15) is 5.69 Å². The van der Waals surface area contributed by atoms with Crippen molar-refractivity contribution >= 4 is 28.9 Å². The van der Waals surface area contributed by atoms with Crippen molar-refractivity contribution in [3.05, 3.63) is 71.5 Å². The molecule has 2 aromatic carbocycles. The van der Waals surface area contributed by atoms with E-state index in [1.165, 1.54) is 5.56 Å². The summed E-state index contributed by atoms with van der Waals surface area (Å²) >= 11 is 0. The highest BCUT2D eigenvalue weighted by molar-refractivity contribution is 6.03. The summed E-state index contributed by atoms with van der Waals surface area (Å²) < 4.78 is 0. The number of nitrogens with zero attached hydrogens (tertiary/aromatic N) is 3. The number of hydrogen-bond acceptors (Lipinski definition) is 5. The second-order valence-corrected chi connectivity index (χ2v) is 6.88. The Morgan fingerprint density at radius 3 is 2.14 bits per heavy atom. The lowest BCUT2D eigenvalue weighted by atomic mass is 10.2. The van der Waals surface area contributed by atoms with Crippen molar-refractivity contribution in [2.45, 2.75) is 27.7 Å². The molecule has 1 amide bonds. The second-order valence-electron chi connectivity index (χ2n) is 6.88. The molecule has 0 radical (unpaired) electrons. The van der Waals surface area contributed by atoms with Gasteiger partial charge in [-0.2, -0.15) is 0 Å². The summed E-state index contributed by atoms with van der Waals surface area (Å²) in [5, 5.41) is 6.07. The van der Waals surface area contributed by atoms with Crippen LogP contribution in [0.1, 0.15) is 35.6 Å². The number of benzene rings is 2. The molecule has 0 aliphatic heterocycles. The summed E-state index contributed by atoms with van der Waals surface area (Å²) in [7, 11) is 0. The van der Waals surface area contributed by atoms with E-state index >= 15 is 0 Å². The lowest BCUT2D eigenvalue weighted by molar-refractivity contribution is 0.102. The Kier molecular flexibility index (Phi) is 6.44. The largest absolute Gasteiger partial charge is 0.372 e. The van der Waals surface area contributed by atoms with Gasteiger partial charge in [0.25, 0.3) is 5.91 Å². The molecule has 0 unspecified atom stereocenters. The zero-order valence-electron chi connectivity index (χ0n) is 17.4. The summed E-state index contributed by atoms with van der Waals surface area (Å²) in [4.78, 5) is 23.7. The molecule has 6 heteroatoms. The fourth-order valence-electron chi connectivity index (χ4n) is 3.05. The van der Waals surface area contributed by atoms with Crippen LogP contribution < -0.4 is 15.5 Å². The van der Waals surface area contributed by atoms with Gasteiger partial charge in [0.15, 0.2) is 0 Å². The number of hydrogen-bond donors (Lipinski definition) is 2. The first-order valence-corrected chi connectivity index (χ1v) is 9.84. The lowest BCUT2D eigenvalue weighted by Gasteiger charge is -2.21. The van der Waals surface area contributed by atoms with Gasteiger partial charge >= 0.3 is 0 Å². The monoisotopic (exact) mass is 389 g/mol. The third kappa shape index (κ3) is 5.31. The van der Waals surface area contributed by atoms with Crippen LogP contribution in [0.3, 0.4) is 0 Å². The maximum absolute atomic E-state index is 12.7. The van der Waals surface area contributed by atoms with Crippen LogP contribution in [0.25, 0.3) is 0 Å². The van der Waals surface area contributed by atoms with Crippen molar-refractivity contribution < 1.29 is 4.79 Å². The predicted molar refractivity (Wildman–Crippen MR) is 119 cm³/mol. The number of carbonyl (C=O) groups is 1. The van der Waals surface area contributed by atoms with E-state index in [9.17, 15) is 4.79 Å². The number of aromatic nitrogens is 2. The molecule has 29 heavy (non-hydrogen) atoms. The molecule has 2 N–H and O–H groups in total.